The van der Waals surface area contributed by atoms with E-state index in [1.807, 2.05) is 7.05 Å². The van der Waals surface area contributed by atoms with Crippen LogP contribution in [0.4, 0.5) is 0 Å². The molecule has 6 heteroatoms. The van der Waals surface area contributed by atoms with Crippen LogP contribution < -0.4 is 5.32 Å². The quantitative estimate of drug-likeness (QED) is 0.371. The molecule has 0 amide bonds. The van der Waals surface area contributed by atoms with E-state index < -0.39 is 0 Å². The molecule has 0 atom stereocenters. The smallest absolute Gasteiger partial charge is 0.193 e. The third-order valence-electron chi connectivity index (χ3n) is 5.93. The molecule has 2 saturated heterocycles. The Kier molecular flexibility index (Phi) is 10.6. The number of nitrogens with one attached hydrogen (secondary N) is 1. The average Bonchev–Trinajstić information content (AvgIpc) is 2.72. The molecule has 0 aliphatic carbocycles. The second-order valence-electron chi connectivity index (χ2n) is 7.96. The molecule has 3 rings (SSSR count). The Morgan fingerprint density at radius 3 is 2.29 bits per heavy atom. The van der Waals surface area contributed by atoms with Crippen LogP contribution in [0, 0.1) is 5.92 Å². The molecule has 0 radical (unpaired) electrons. The summed E-state index contributed by atoms with van der Waals surface area (Å²) < 4.78 is 0. The van der Waals surface area contributed by atoms with Gasteiger partial charge in [-0.3, -0.25) is 9.89 Å². The fraction of sp³-hybridized carbons (Fsp3) is 0.682. The maximum absolute atomic E-state index is 4.55. The first-order chi connectivity index (χ1) is 13.3. The molecule has 2 aliphatic heterocycles. The summed E-state index contributed by atoms with van der Waals surface area (Å²) in [6, 6.07) is 10.8. The maximum Gasteiger partial charge on any atom is 0.193 e. The molecule has 0 bridgehead atoms. The van der Waals surface area contributed by atoms with Crippen LogP contribution in [0.25, 0.3) is 0 Å². The molecular weight excluding hydrogens is 461 g/mol. The van der Waals surface area contributed by atoms with Crippen molar-refractivity contribution in [3.05, 3.63) is 35.9 Å². The SMILES string of the molecule is CCCN1CCC(CNC(=NC)N2CCN(Cc3ccccc3)CC2)CC1.I. The normalized spacial score (nSPS) is 20.1. The number of benzene rings is 1. The van der Waals surface area contributed by atoms with Gasteiger partial charge < -0.3 is 15.1 Å². The van der Waals surface area contributed by atoms with Gasteiger partial charge >= 0.3 is 0 Å². The van der Waals surface area contributed by atoms with E-state index in [9.17, 15) is 0 Å². The van der Waals surface area contributed by atoms with Crippen LogP contribution >= 0.6 is 24.0 Å². The van der Waals surface area contributed by atoms with E-state index in [-0.39, 0.29) is 24.0 Å². The van der Waals surface area contributed by atoms with Gasteiger partial charge in [-0.15, -0.1) is 24.0 Å². The topological polar surface area (TPSA) is 34.1 Å². The highest BCUT2D eigenvalue weighted by Gasteiger charge is 2.22. The van der Waals surface area contributed by atoms with Gasteiger partial charge in [0.2, 0.25) is 0 Å². The Morgan fingerprint density at radius 2 is 1.68 bits per heavy atom. The zero-order valence-corrected chi connectivity index (χ0v) is 20.0. The van der Waals surface area contributed by atoms with Crippen molar-refractivity contribution in [2.75, 3.05) is 59.4 Å². The third-order valence-corrected chi connectivity index (χ3v) is 5.93. The minimum atomic E-state index is 0. The summed E-state index contributed by atoms with van der Waals surface area (Å²) in [6.45, 7) is 12.5. The number of hydrogen-bond acceptors (Lipinski definition) is 3. The molecule has 0 unspecified atom stereocenters. The van der Waals surface area contributed by atoms with Crippen molar-refractivity contribution in [1.29, 1.82) is 0 Å². The summed E-state index contributed by atoms with van der Waals surface area (Å²) >= 11 is 0. The van der Waals surface area contributed by atoms with Gasteiger partial charge in [-0.2, -0.15) is 0 Å². The first-order valence-electron chi connectivity index (χ1n) is 10.7. The van der Waals surface area contributed by atoms with E-state index in [1.165, 1.54) is 44.5 Å². The van der Waals surface area contributed by atoms with E-state index >= 15 is 0 Å². The highest BCUT2D eigenvalue weighted by molar-refractivity contribution is 14.0. The second-order valence-corrected chi connectivity index (χ2v) is 7.96. The van der Waals surface area contributed by atoms with Crippen LogP contribution in [0.1, 0.15) is 31.7 Å². The van der Waals surface area contributed by atoms with Crippen LogP contribution in [0.5, 0.6) is 0 Å². The van der Waals surface area contributed by atoms with E-state index in [2.05, 4.69) is 62.3 Å². The summed E-state index contributed by atoms with van der Waals surface area (Å²) in [5.41, 5.74) is 1.41. The summed E-state index contributed by atoms with van der Waals surface area (Å²) in [5, 5.41) is 3.66. The Labute approximate surface area is 188 Å². The number of piperidine rings is 1. The van der Waals surface area contributed by atoms with Crippen LogP contribution in [-0.2, 0) is 6.54 Å². The Morgan fingerprint density at radius 1 is 1.00 bits per heavy atom. The standard InChI is InChI=1S/C22H37N5.HI/c1-3-11-25-12-9-20(10-13-25)18-24-22(23-2)27-16-14-26(15-17-27)19-21-7-5-4-6-8-21;/h4-8,20H,3,9-19H2,1-2H3,(H,23,24);1H. The number of likely N-dealkylation sites (tertiary alicyclic amines) is 1. The maximum atomic E-state index is 4.55. The Bertz CT molecular complexity index is 564. The molecule has 158 valence electrons. The van der Waals surface area contributed by atoms with Crippen molar-refractivity contribution in [3.8, 4) is 0 Å². The van der Waals surface area contributed by atoms with Crippen molar-refractivity contribution >= 4 is 29.9 Å². The molecule has 2 aliphatic rings. The monoisotopic (exact) mass is 499 g/mol. The van der Waals surface area contributed by atoms with Crippen LogP contribution in [0.15, 0.2) is 35.3 Å². The minimum Gasteiger partial charge on any atom is -0.356 e. The van der Waals surface area contributed by atoms with Crippen molar-refractivity contribution < 1.29 is 0 Å². The number of halogens is 1. The molecular formula is C22H38IN5. The summed E-state index contributed by atoms with van der Waals surface area (Å²) in [4.78, 5) is 12.1. The number of hydrogen-bond donors (Lipinski definition) is 1. The van der Waals surface area contributed by atoms with Crippen LogP contribution in [0.2, 0.25) is 0 Å². The average molecular weight is 499 g/mol. The van der Waals surface area contributed by atoms with Gasteiger partial charge in [0.05, 0.1) is 0 Å². The Hall–Kier alpha value is -0.860. The summed E-state index contributed by atoms with van der Waals surface area (Å²) in [7, 11) is 1.92. The third kappa shape index (κ3) is 7.19. The number of aliphatic imine (C=N–C) groups is 1. The zero-order chi connectivity index (χ0) is 18.9. The molecule has 2 heterocycles. The second kappa shape index (κ2) is 12.6. The molecule has 1 aromatic carbocycles. The Balaban J connectivity index is 0.00000280. The lowest BCUT2D eigenvalue weighted by atomic mass is 9.97. The van der Waals surface area contributed by atoms with Crippen LogP contribution in [-0.4, -0.2) is 80.1 Å². The lowest BCUT2D eigenvalue weighted by Crippen LogP contribution is -2.53. The molecule has 0 spiro atoms. The number of piperazine rings is 1. The molecule has 1 aromatic rings. The summed E-state index contributed by atoms with van der Waals surface area (Å²) in [5.74, 6) is 1.87. The predicted octanol–water partition coefficient (Wildman–Crippen LogP) is 3.12. The number of guanidine groups is 1. The highest BCUT2D eigenvalue weighted by atomic mass is 127. The minimum absolute atomic E-state index is 0. The van der Waals surface area contributed by atoms with Crippen molar-refractivity contribution in [2.24, 2.45) is 10.9 Å². The lowest BCUT2D eigenvalue weighted by molar-refractivity contribution is 0.168. The summed E-state index contributed by atoms with van der Waals surface area (Å²) in [6.07, 6.45) is 3.90. The highest BCUT2D eigenvalue weighted by Crippen LogP contribution is 2.16. The van der Waals surface area contributed by atoms with E-state index in [0.717, 1.165) is 51.1 Å². The fourth-order valence-corrected chi connectivity index (χ4v) is 4.26. The van der Waals surface area contributed by atoms with Gasteiger partial charge in [0.15, 0.2) is 5.96 Å². The molecule has 5 nitrogen and oxygen atoms in total. The van der Waals surface area contributed by atoms with E-state index in [1.54, 1.807) is 0 Å². The largest absolute Gasteiger partial charge is 0.356 e. The van der Waals surface area contributed by atoms with Gasteiger partial charge in [-0.1, -0.05) is 37.3 Å². The molecule has 0 aromatic heterocycles. The first kappa shape index (κ1) is 23.4. The van der Waals surface area contributed by atoms with Crippen LogP contribution in [0.3, 0.4) is 0 Å². The van der Waals surface area contributed by atoms with Gasteiger partial charge in [-0.05, 0) is 50.4 Å². The molecule has 1 N–H and O–H groups in total. The fourth-order valence-electron chi connectivity index (χ4n) is 4.26. The molecule has 28 heavy (non-hydrogen) atoms. The van der Waals surface area contributed by atoms with Crippen molar-refractivity contribution in [1.82, 2.24) is 20.0 Å². The van der Waals surface area contributed by atoms with Gasteiger partial charge in [0.1, 0.15) is 0 Å². The first-order valence-corrected chi connectivity index (χ1v) is 10.7. The zero-order valence-electron chi connectivity index (χ0n) is 17.6. The number of nitrogens with zero attached hydrogens (tertiary/aromatic N) is 4. The van der Waals surface area contributed by atoms with Gasteiger partial charge in [-0.25, -0.2) is 0 Å². The predicted molar refractivity (Wildman–Crippen MR) is 130 cm³/mol. The van der Waals surface area contributed by atoms with Gasteiger partial charge in [0.25, 0.3) is 0 Å². The van der Waals surface area contributed by atoms with Crippen molar-refractivity contribution in [3.63, 3.8) is 0 Å². The van der Waals surface area contributed by atoms with E-state index in [4.69, 9.17) is 0 Å². The molecule has 0 saturated carbocycles. The van der Waals surface area contributed by atoms with Gasteiger partial charge in [0, 0.05) is 46.3 Å². The van der Waals surface area contributed by atoms with Crippen molar-refractivity contribution in [2.45, 2.75) is 32.7 Å². The van der Waals surface area contributed by atoms with E-state index in [0.29, 0.717) is 0 Å². The lowest BCUT2D eigenvalue weighted by Gasteiger charge is -2.37. The number of rotatable bonds is 6. The molecule has 2 fully saturated rings.